The summed E-state index contributed by atoms with van der Waals surface area (Å²) in [6.07, 6.45) is 0. The third kappa shape index (κ3) is 2.08. The zero-order chi connectivity index (χ0) is 13.6. The summed E-state index contributed by atoms with van der Waals surface area (Å²) >= 11 is 3.57. The number of rotatable bonds is 1. The lowest BCUT2D eigenvalue weighted by atomic mass is 10.1. The van der Waals surface area contributed by atoms with Crippen molar-refractivity contribution in [2.75, 3.05) is 0 Å². The van der Waals surface area contributed by atoms with E-state index in [1.54, 1.807) is 0 Å². The van der Waals surface area contributed by atoms with Crippen molar-refractivity contribution < 1.29 is 0 Å². The third-order valence-corrected chi connectivity index (χ3v) is 4.48. The Bertz CT molecular complexity index is 733. The van der Waals surface area contributed by atoms with Crippen LogP contribution in [0.1, 0.15) is 16.7 Å². The van der Waals surface area contributed by atoms with Gasteiger partial charge in [-0.15, -0.1) is 0 Å². The number of aromatic amines is 1. The number of nitrogens with zero attached hydrogens (tertiary/aromatic N) is 1. The Morgan fingerprint density at radius 3 is 2.58 bits per heavy atom. The molecule has 0 aliphatic heterocycles. The maximum Gasteiger partial charge on any atom is 0.138 e. The maximum atomic E-state index is 4.71. The first-order valence-electron chi connectivity index (χ1n) is 6.28. The van der Waals surface area contributed by atoms with Gasteiger partial charge in [-0.25, -0.2) is 4.98 Å². The second kappa shape index (κ2) is 4.49. The van der Waals surface area contributed by atoms with Crippen LogP contribution in [0.5, 0.6) is 0 Å². The largest absolute Gasteiger partial charge is 0.338 e. The van der Waals surface area contributed by atoms with Gasteiger partial charge in [0, 0.05) is 10.0 Å². The number of aromatic nitrogens is 2. The SMILES string of the molecule is Cc1cc2nc(-c3cccc(Br)c3C)[nH]c2cc1C. The van der Waals surface area contributed by atoms with E-state index in [2.05, 4.69) is 66.0 Å². The van der Waals surface area contributed by atoms with Crippen molar-refractivity contribution in [3.63, 3.8) is 0 Å². The predicted molar refractivity (Wildman–Crippen MR) is 83.4 cm³/mol. The summed E-state index contributed by atoms with van der Waals surface area (Å²) in [7, 11) is 0. The molecular weight excluding hydrogens is 300 g/mol. The lowest BCUT2D eigenvalue weighted by Crippen LogP contribution is -1.86. The monoisotopic (exact) mass is 314 g/mol. The highest BCUT2D eigenvalue weighted by molar-refractivity contribution is 9.10. The zero-order valence-electron chi connectivity index (χ0n) is 11.2. The van der Waals surface area contributed by atoms with E-state index >= 15 is 0 Å². The van der Waals surface area contributed by atoms with Crippen LogP contribution in [-0.4, -0.2) is 9.97 Å². The molecule has 3 rings (SSSR count). The fourth-order valence-electron chi connectivity index (χ4n) is 2.26. The first-order chi connectivity index (χ1) is 9.06. The Labute approximate surface area is 121 Å². The second-order valence-corrected chi connectivity index (χ2v) is 5.81. The second-order valence-electron chi connectivity index (χ2n) is 4.95. The number of halogens is 1. The van der Waals surface area contributed by atoms with Crippen molar-refractivity contribution in [1.82, 2.24) is 9.97 Å². The van der Waals surface area contributed by atoms with Gasteiger partial charge in [-0.3, -0.25) is 0 Å². The number of hydrogen-bond donors (Lipinski definition) is 1. The molecule has 0 bridgehead atoms. The molecule has 1 aromatic heterocycles. The van der Waals surface area contributed by atoms with Crippen LogP contribution >= 0.6 is 15.9 Å². The van der Waals surface area contributed by atoms with Crippen molar-refractivity contribution in [2.24, 2.45) is 0 Å². The standard InChI is InChI=1S/C16H15BrN2/c1-9-7-14-15(8-10(9)2)19-16(18-14)12-5-4-6-13(17)11(12)3/h4-8H,1-3H3,(H,18,19). The topological polar surface area (TPSA) is 28.7 Å². The fraction of sp³-hybridized carbons (Fsp3) is 0.188. The molecule has 0 aliphatic carbocycles. The van der Waals surface area contributed by atoms with Gasteiger partial charge < -0.3 is 4.98 Å². The number of aryl methyl sites for hydroxylation is 2. The van der Waals surface area contributed by atoms with Crippen LogP contribution < -0.4 is 0 Å². The Balaban J connectivity index is 2.23. The minimum atomic E-state index is 0.929. The summed E-state index contributed by atoms with van der Waals surface area (Å²) in [5, 5.41) is 0. The molecule has 0 saturated heterocycles. The molecule has 0 spiro atoms. The van der Waals surface area contributed by atoms with E-state index in [1.165, 1.54) is 16.7 Å². The average molecular weight is 315 g/mol. The van der Waals surface area contributed by atoms with Gasteiger partial charge in [-0.05, 0) is 55.7 Å². The van der Waals surface area contributed by atoms with E-state index in [-0.39, 0.29) is 0 Å². The molecule has 19 heavy (non-hydrogen) atoms. The van der Waals surface area contributed by atoms with Gasteiger partial charge in [0.05, 0.1) is 11.0 Å². The first-order valence-corrected chi connectivity index (χ1v) is 7.08. The molecule has 1 N–H and O–H groups in total. The average Bonchev–Trinajstić information content (AvgIpc) is 2.76. The summed E-state index contributed by atoms with van der Waals surface area (Å²) < 4.78 is 1.11. The molecule has 0 saturated carbocycles. The van der Waals surface area contributed by atoms with Crippen molar-refractivity contribution in [3.8, 4) is 11.4 Å². The van der Waals surface area contributed by atoms with Crippen LogP contribution in [0.3, 0.4) is 0 Å². The minimum absolute atomic E-state index is 0.929. The van der Waals surface area contributed by atoms with E-state index < -0.39 is 0 Å². The Kier molecular flexibility index (Phi) is 2.94. The quantitative estimate of drug-likeness (QED) is 0.678. The van der Waals surface area contributed by atoms with E-state index in [0.29, 0.717) is 0 Å². The molecule has 2 aromatic carbocycles. The number of hydrogen-bond acceptors (Lipinski definition) is 1. The highest BCUT2D eigenvalue weighted by Gasteiger charge is 2.10. The molecular formula is C16H15BrN2. The molecule has 0 aliphatic rings. The Morgan fingerprint density at radius 2 is 1.79 bits per heavy atom. The highest BCUT2D eigenvalue weighted by atomic mass is 79.9. The molecule has 0 atom stereocenters. The van der Waals surface area contributed by atoms with Crippen LogP contribution in [0.15, 0.2) is 34.8 Å². The van der Waals surface area contributed by atoms with E-state index in [4.69, 9.17) is 4.98 Å². The maximum absolute atomic E-state index is 4.71. The smallest absolute Gasteiger partial charge is 0.138 e. The lowest BCUT2D eigenvalue weighted by Gasteiger charge is -2.03. The van der Waals surface area contributed by atoms with E-state index in [1.807, 2.05) is 6.07 Å². The van der Waals surface area contributed by atoms with Crippen molar-refractivity contribution >= 4 is 27.0 Å². The molecule has 96 valence electrons. The minimum Gasteiger partial charge on any atom is -0.338 e. The molecule has 0 unspecified atom stereocenters. The lowest BCUT2D eigenvalue weighted by molar-refractivity contribution is 1.30. The summed E-state index contributed by atoms with van der Waals surface area (Å²) in [4.78, 5) is 8.13. The van der Waals surface area contributed by atoms with E-state index in [0.717, 1.165) is 26.9 Å². The van der Waals surface area contributed by atoms with Crippen LogP contribution in [0, 0.1) is 20.8 Å². The summed E-state index contributed by atoms with van der Waals surface area (Å²) in [5.74, 6) is 0.929. The Hall–Kier alpha value is -1.61. The van der Waals surface area contributed by atoms with Gasteiger partial charge in [0.15, 0.2) is 0 Å². The number of imidazole rings is 1. The molecule has 3 heteroatoms. The molecule has 0 amide bonds. The molecule has 1 heterocycles. The summed E-state index contributed by atoms with van der Waals surface area (Å²) in [6.45, 7) is 6.34. The van der Waals surface area contributed by atoms with Crippen LogP contribution in [0.25, 0.3) is 22.4 Å². The number of nitrogens with one attached hydrogen (secondary N) is 1. The number of benzene rings is 2. The molecule has 0 fully saturated rings. The number of fused-ring (bicyclic) bond motifs is 1. The third-order valence-electron chi connectivity index (χ3n) is 3.62. The molecule has 2 nitrogen and oxygen atoms in total. The van der Waals surface area contributed by atoms with Crippen molar-refractivity contribution in [1.29, 1.82) is 0 Å². The normalized spacial score (nSPS) is 11.2. The zero-order valence-corrected chi connectivity index (χ0v) is 12.8. The van der Waals surface area contributed by atoms with Crippen LogP contribution in [-0.2, 0) is 0 Å². The fourth-order valence-corrected chi connectivity index (χ4v) is 2.63. The Morgan fingerprint density at radius 1 is 1.05 bits per heavy atom. The molecule has 0 radical (unpaired) electrons. The van der Waals surface area contributed by atoms with Crippen LogP contribution in [0.4, 0.5) is 0 Å². The van der Waals surface area contributed by atoms with E-state index in [9.17, 15) is 0 Å². The highest BCUT2D eigenvalue weighted by Crippen LogP contribution is 2.28. The number of H-pyrrole nitrogens is 1. The molecule has 3 aromatic rings. The summed E-state index contributed by atoms with van der Waals surface area (Å²) in [6, 6.07) is 10.5. The van der Waals surface area contributed by atoms with Crippen molar-refractivity contribution in [2.45, 2.75) is 20.8 Å². The van der Waals surface area contributed by atoms with Crippen molar-refractivity contribution in [3.05, 3.63) is 51.5 Å². The van der Waals surface area contributed by atoms with Gasteiger partial charge in [-0.2, -0.15) is 0 Å². The summed E-state index contributed by atoms with van der Waals surface area (Å²) in [5.41, 5.74) is 7.02. The predicted octanol–water partition coefficient (Wildman–Crippen LogP) is 4.92. The van der Waals surface area contributed by atoms with Gasteiger partial charge >= 0.3 is 0 Å². The van der Waals surface area contributed by atoms with Gasteiger partial charge in [0.2, 0.25) is 0 Å². The van der Waals surface area contributed by atoms with Gasteiger partial charge in [-0.1, -0.05) is 28.1 Å². The van der Waals surface area contributed by atoms with Gasteiger partial charge in [0.1, 0.15) is 5.82 Å². The van der Waals surface area contributed by atoms with Crippen LogP contribution in [0.2, 0.25) is 0 Å². The first kappa shape index (κ1) is 12.4. The van der Waals surface area contributed by atoms with Gasteiger partial charge in [0.25, 0.3) is 0 Å².